The molecule has 0 atom stereocenters. The van der Waals surface area contributed by atoms with Crippen molar-refractivity contribution in [3.05, 3.63) is 34.4 Å². The molecular formula is C12H10BrN3O. The third kappa shape index (κ3) is 2.17. The summed E-state index contributed by atoms with van der Waals surface area (Å²) in [5.41, 5.74) is 2.29. The zero-order valence-electron chi connectivity index (χ0n) is 9.44. The van der Waals surface area contributed by atoms with Crippen LogP contribution in [0.3, 0.4) is 0 Å². The number of aromatic nitrogens is 2. The van der Waals surface area contributed by atoms with Crippen molar-refractivity contribution >= 4 is 15.9 Å². The number of rotatable bonds is 2. The second-order valence-corrected chi connectivity index (χ2v) is 4.35. The van der Waals surface area contributed by atoms with Crippen LogP contribution in [0, 0.1) is 11.3 Å². The number of halogens is 1. The Bertz CT molecular complexity index is 598. The Morgan fingerprint density at radius 1 is 1.41 bits per heavy atom. The number of benzene rings is 1. The number of nitrogens with zero attached hydrogens (tertiary/aromatic N) is 3. The summed E-state index contributed by atoms with van der Waals surface area (Å²) in [6.45, 7) is 0. The average Bonchev–Trinajstić information content (AvgIpc) is 2.70. The average molecular weight is 292 g/mol. The molecule has 2 rings (SSSR count). The van der Waals surface area contributed by atoms with E-state index in [1.807, 2.05) is 31.3 Å². The van der Waals surface area contributed by atoms with Crippen molar-refractivity contribution in [1.82, 2.24) is 9.78 Å². The molecule has 0 unspecified atom stereocenters. The maximum absolute atomic E-state index is 8.80. The Hall–Kier alpha value is -1.80. The quantitative estimate of drug-likeness (QED) is 0.855. The molecule has 0 aliphatic heterocycles. The molecule has 2 aromatic rings. The van der Waals surface area contributed by atoms with Gasteiger partial charge in [-0.2, -0.15) is 10.4 Å². The van der Waals surface area contributed by atoms with Crippen molar-refractivity contribution < 1.29 is 4.74 Å². The van der Waals surface area contributed by atoms with Gasteiger partial charge < -0.3 is 4.74 Å². The van der Waals surface area contributed by atoms with Crippen LogP contribution in [-0.2, 0) is 7.05 Å². The molecule has 1 aromatic carbocycles. The highest BCUT2D eigenvalue weighted by Gasteiger charge is 2.09. The normalized spacial score (nSPS) is 10.0. The summed E-state index contributed by atoms with van der Waals surface area (Å²) in [6, 6.07) is 9.53. The summed E-state index contributed by atoms with van der Waals surface area (Å²) in [5.74, 6) is 0.774. The van der Waals surface area contributed by atoms with Crippen molar-refractivity contribution in [2.45, 2.75) is 0 Å². The van der Waals surface area contributed by atoms with Crippen LogP contribution in [-0.4, -0.2) is 16.9 Å². The van der Waals surface area contributed by atoms with E-state index >= 15 is 0 Å². The second-order valence-electron chi connectivity index (χ2n) is 3.50. The summed E-state index contributed by atoms with van der Waals surface area (Å²) in [7, 11) is 3.44. The van der Waals surface area contributed by atoms with Gasteiger partial charge in [0.2, 0.25) is 0 Å². The molecule has 0 N–H and O–H groups in total. The molecule has 1 heterocycles. The molecule has 0 aliphatic carbocycles. The van der Waals surface area contributed by atoms with Crippen LogP contribution < -0.4 is 4.74 Å². The molecular weight excluding hydrogens is 282 g/mol. The minimum Gasteiger partial charge on any atom is -0.496 e. The van der Waals surface area contributed by atoms with Crippen molar-refractivity contribution in [2.24, 2.45) is 7.05 Å². The predicted octanol–water partition coefficient (Wildman–Crippen LogP) is 2.73. The van der Waals surface area contributed by atoms with E-state index in [0.29, 0.717) is 5.69 Å². The van der Waals surface area contributed by atoms with Gasteiger partial charge in [0.1, 0.15) is 11.8 Å². The van der Waals surface area contributed by atoms with Crippen LogP contribution >= 0.6 is 15.9 Å². The first kappa shape index (κ1) is 11.7. The Kier molecular flexibility index (Phi) is 3.16. The van der Waals surface area contributed by atoms with Crippen LogP contribution in [0.4, 0.5) is 0 Å². The molecule has 0 spiro atoms. The SMILES string of the molecule is COc1ccc(-c2cc(C#N)nn2C)cc1Br. The fourth-order valence-corrected chi connectivity index (χ4v) is 2.16. The maximum Gasteiger partial charge on any atom is 0.163 e. The van der Waals surface area contributed by atoms with Gasteiger partial charge in [0, 0.05) is 18.7 Å². The highest BCUT2D eigenvalue weighted by Crippen LogP contribution is 2.30. The van der Waals surface area contributed by atoms with Gasteiger partial charge in [-0.3, -0.25) is 4.68 Å². The van der Waals surface area contributed by atoms with E-state index in [1.54, 1.807) is 17.9 Å². The van der Waals surface area contributed by atoms with E-state index in [9.17, 15) is 0 Å². The van der Waals surface area contributed by atoms with Crippen molar-refractivity contribution in [3.63, 3.8) is 0 Å². The van der Waals surface area contributed by atoms with Gasteiger partial charge in [-0.05, 0) is 34.1 Å². The Morgan fingerprint density at radius 2 is 2.18 bits per heavy atom. The molecule has 0 bridgehead atoms. The van der Waals surface area contributed by atoms with E-state index in [4.69, 9.17) is 10.00 Å². The van der Waals surface area contributed by atoms with E-state index in [1.165, 1.54) is 0 Å². The highest BCUT2D eigenvalue weighted by molar-refractivity contribution is 9.10. The Morgan fingerprint density at radius 3 is 2.71 bits per heavy atom. The van der Waals surface area contributed by atoms with Crippen LogP contribution in [0.25, 0.3) is 11.3 Å². The lowest BCUT2D eigenvalue weighted by Gasteiger charge is -2.06. The first-order chi connectivity index (χ1) is 8.15. The number of ether oxygens (including phenoxy) is 1. The second kappa shape index (κ2) is 4.60. The van der Waals surface area contributed by atoms with Gasteiger partial charge in [0.05, 0.1) is 17.3 Å². The van der Waals surface area contributed by atoms with Crippen molar-refractivity contribution in [2.75, 3.05) is 7.11 Å². The maximum atomic E-state index is 8.80. The lowest BCUT2D eigenvalue weighted by Crippen LogP contribution is -1.94. The van der Waals surface area contributed by atoms with Gasteiger partial charge in [0.15, 0.2) is 5.69 Å². The van der Waals surface area contributed by atoms with E-state index in [2.05, 4.69) is 21.0 Å². The summed E-state index contributed by atoms with van der Waals surface area (Å²) in [6.07, 6.45) is 0. The molecule has 1 aromatic heterocycles. The fraction of sp³-hybridized carbons (Fsp3) is 0.167. The molecule has 86 valence electrons. The number of hydrogen-bond donors (Lipinski definition) is 0. The number of hydrogen-bond acceptors (Lipinski definition) is 3. The molecule has 4 nitrogen and oxygen atoms in total. The lowest BCUT2D eigenvalue weighted by molar-refractivity contribution is 0.412. The Balaban J connectivity index is 2.50. The number of methoxy groups -OCH3 is 1. The first-order valence-corrected chi connectivity index (χ1v) is 5.73. The van der Waals surface area contributed by atoms with Gasteiger partial charge >= 0.3 is 0 Å². The number of aryl methyl sites for hydroxylation is 1. The molecule has 0 aliphatic rings. The number of nitriles is 1. The zero-order chi connectivity index (χ0) is 12.4. The highest BCUT2D eigenvalue weighted by atomic mass is 79.9. The molecule has 17 heavy (non-hydrogen) atoms. The third-order valence-electron chi connectivity index (χ3n) is 2.44. The fourth-order valence-electron chi connectivity index (χ4n) is 1.62. The van der Waals surface area contributed by atoms with Gasteiger partial charge in [-0.25, -0.2) is 0 Å². The van der Waals surface area contributed by atoms with Crippen LogP contribution in [0.15, 0.2) is 28.7 Å². The predicted molar refractivity (Wildman–Crippen MR) is 67.6 cm³/mol. The van der Waals surface area contributed by atoms with E-state index in [-0.39, 0.29) is 0 Å². The largest absolute Gasteiger partial charge is 0.496 e. The smallest absolute Gasteiger partial charge is 0.163 e. The lowest BCUT2D eigenvalue weighted by atomic mass is 10.1. The monoisotopic (exact) mass is 291 g/mol. The Labute approximate surface area is 108 Å². The summed E-state index contributed by atoms with van der Waals surface area (Å²) >= 11 is 3.43. The van der Waals surface area contributed by atoms with Crippen LogP contribution in [0.1, 0.15) is 5.69 Å². The summed E-state index contributed by atoms with van der Waals surface area (Å²) in [5, 5.41) is 12.9. The molecule has 0 fully saturated rings. The topological polar surface area (TPSA) is 50.8 Å². The standard InChI is InChI=1S/C12H10BrN3O/c1-16-11(6-9(7-14)15-16)8-3-4-12(17-2)10(13)5-8/h3-6H,1-2H3. The molecule has 0 saturated carbocycles. The molecule has 0 radical (unpaired) electrons. The van der Waals surface area contributed by atoms with E-state index < -0.39 is 0 Å². The van der Waals surface area contributed by atoms with Gasteiger partial charge in [0.25, 0.3) is 0 Å². The summed E-state index contributed by atoms with van der Waals surface area (Å²) < 4.78 is 7.73. The zero-order valence-corrected chi connectivity index (χ0v) is 11.0. The molecule has 5 heteroatoms. The van der Waals surface area contributed by atoms with Crippen LogP contribution in [0.5, 0.6) is 5.75 Å². The summed E-state index contributed by atoms with van der Waals surface area (Å²) in [4.78, 5) is 0. The minimum atomic E-state index is 0.412. The molecule has 0 amide bonds. The van der Waals surface area contributed by atoms with Crippen LogP contribution in [0.2, 0.25) is 0 Å². The molecule has 0 saturated heterocycles. The van der Waals surface area contributed by atoms with Gasteiger partial charge in [-0.1, -0.05) is 0 Å². The third-order valence-corrected chi connectivity index (χ3v) is 3.06. The van der Waals surface area contributed by atoms with Crippen molar-refractivity contribution in [3.8, 4) is 23.1 Å². The first-order valence-electron chi connectivity index (χ1n) is 4.93. The minimum absolute atomic E-state index is 0.412. The van der Waals surface area contributed by atoms with E-state index in [0.717, 1.165) is 21.5 Å². The van der Waals surface area contributed by atoms with Crippen molar-refractivity contribution in [1.29, 1.82) is 5.26 Å². The van der Waals surface area contributed by atoms with Gasteiger partial charge in [-0.15, -0.1) is 0 Å².